The van der Waals surface area contributed by atoms with Gasteiger partial charge in [-0.3, -0.25) is 0 Å². The van der Waals surface area contributed by atoms with Gasteiger partial charge in [-0.1, -0.05) is 164 Å². The molecule has 4 nitrogen and oxygen atoms in total. The van der Waals surface area contributed by atoms with E-state index in [1.54, 1.807) is 0 Å². The van der Waals surface area contributed by atoms with Crippen molar-refractivity contribution in [2.75, 3.05) is 0 Å². The molecule has 0 amide bonds. The van der Waals surface area contributed by atoms with E-state index in [-0.39, 0.29) is 0 Å². The predicted octanol–water partition coefficient (Wildman–Crippen LogP) is 13.6. The topological polar surface area (TPSA) is 51.8 Å². The summed E-state index contributed by atoms with van der Waals surface area (Å²) in [5, 5.41) is 9.24. The number of hydrogen-bond acceptors (Lipinski definition) is 4. The van der Waals surface area contributed by atoms with Gasteiger partial charge in [0.05, 0.1) is 0 Å². The molecule has 0 aliphatic carbocycles. The maximum absolute atomic E-state index is 6.28. The molecule has 0 saturated heterocycles. The van der Waals surface area contributed by atoms with E-state index in [9.17, 15) is 0 Å². The summed E-state index contributed by atoms with van der Waals surface area (Å²) in [4.78, 5) is 15.4. The molecule has 0 N–H and O–H groups in total. The Morgan fingerprint density at radius 2 is 0.745 bits per heavy atom. The van der Waals surface area contributed by atoms with Gasteiger partial charge in [0.25, 0.3) is 0 Å². The van der Waals surface area contributed by atoms with E-state index < -0.39 is 0 Å². The molecule has 0 atom stereocenters. The number of furan rings is 1. The Hall–Kier alpha value is -7.43. The Morgan fingerprint density at radius 1 is 0.273 bits per heavy atom. The first-order chi connectivity index (χ1) is 27.2. The van der Waals surface area contributed by atoms with E-state index >= 15 is 0 Å². The zero-order valence-corrected chi connectivity index (χ0v) is 29.6. The van der Waals surface area contributed by atoms with E-state index in [4.69, 9.17) is 19.4 Å². The molecule has 55 heavy (non-hydrogen) atoms. The third-order valence-corrected chi connectivity index (χ3v) is 10.7. The zero-order valence-electron chi connectivity index (χ0n) is 29.6. The minimum atomic E-state index is 0.633. The van der Waals surface area contributed by atoms with Gasteiger partial charge < -0.3 is 4.42 Å². The molecule has 0 aliphatic rings. The molecule has 2 heterocycles. The zero-order chi connectivity index (χ0) is 36.3. The standard InChI is InChI=1S/C51H31N3O/c1-3-12-32(13-4-1)33-22-24-35(25-23-33)50-52-49(34-14-5-2-6-15-34)53-51(54-50)44-20-11-19-42-38-16-7-8-17-39(38)45-30-36(27-29-43(45)48(42)44)37-26-28-41-40-18-9-10-21-46(40)55-47(41)31-37/h1-31H. The van der Waals surface area contributed by atoms with Gasteiger partial charge in [-0.05, 0) is 73.5 Å². The maximum Gasteiger partial charge on any atom is 0.164 e. The lowest BCUT2D eigenvalue weighted by Crippen LogP contribution is -2.01. The van der Waals surface area contributed by atoms with Crippen LogP contribution in [0.25, 0.3) is 111 Å². The highest BCUT2D eigenvalue weighted by Gasteiger charge is 2.19. The number of benzene rings is 9. The van der Waals surface area contributed by atoms with Gasteiger partial charge in [0.2, 0.25) is 0 Å². The van der Waals surface area contributed by atoms with Crippen molar-refractivity contribution in [2.45, 2.75) is 0 Å². The van der Waals surface area contributed by atoms with Gasteiger partial charge in [-0.15, -0.1) is 0 Å². The summed E-state index contributed by atoms with van der Waals surface area (Å²) < 4.78 is 6.28. The minimum absolute atomic E-state index is 0.633. The van der Waals surface area contributed by atoms with Crippen LogP contribution in [0.1, 0.15) is 0 Å². The summed E-state index contributed by atoms with van der Waals surface area (Å²) in [5.41, 5.74) is 9.18. The molecule has 0 fully saturated rings. The molecule has 0 bridgehead atoms. The van der Waals surface area contributed by atoms with Crippen LogP contribution in [0, 0.1) is 0 Å². The second kappa shape index (κ2) is 12.6. The molecule has 0 saturated carbocycles. The smallest absolute Gasteiger partial charge is 0.164 e. The SMILES string of the molecule is c1ccc(-c2ccc(-c3nc(-c4ccccc4)nc(-c4cccc5c6ccccc6c6cc(-c7ccc8c(c7)oc7ccccc78)ccc6c45)n3)cc2)cc1. The van der Waals surface area contributed by atoms with Crippen molar-refractivity contribution >= 4 is 54.3 Å². The fraction of sp³-hybridized carbons (Fsp3) is 0. The predicted molar refractivity (Wildman–Crippen MR) is 227 cm³/mol. The molecule has 0 unspecified atom stereocenters. The third kappa shape index (κ3) is 5.26. The fourth-order valence-corrected chi connectivity index (χ4v) is 8.06. The number of rotatable bonds is 5. The highest BCUT2D eigenvalue weighted by Crippen LogP contribution is 2.42. The molecular formula is C51H31N3O. The number of para-hydroxylation sites is 1. The number of fused-ring (bicyclic) bond motifs is 9. The summed E-state index contributed by atoms with van der Waals surface area (Å²) in [6.45, 7) is 0. The Kier molecular flexibility index (Phi) is 7.14. The van der Waals surface area contributed by atoms with Crippen LogP contribution in [-0.4, -0.2) is 15.0 Å². The second-order valence-corrected chi connectivity index (χ2v) is 14.0. The van der Waals surface area contributed by atoms with E-state index in [0.717, 1.165) is 71.5 Å². The maximum atomic E-state index is 6.28. The van der Waals surface area contributed by atoms with Crippen molar-refractivity contribution < 1.29 is 4.42 Å². The highest BCUT2D eigenvalue weighted by atomic mass is 16.3. The lowest BCUT2D eigenvalue weighted by atomic mass is 9.89. The average Bonchev–Trinajstić information content (AvgIpc) is 3.64. The van der Waals surface area contributed by atoms with Gasteiger partial charge in [-0.25, -0.2) is 15.0 Å². The summed E-state index contributed by atoms with van der Waals surface area (Å²) in [7, 11) is 0. The third-order valence-electron chi connectivity index (χ3n) is 10.7. The Labute approximate surface area is 317 Å². The summed E-state index contributed by atoms with van der Waals surface area (Å²) in [6.07, 6.45) is 0. The molecule has 0 spiro atoms. The van der Waals surface area contributed by atoms with Crippen molar-refractivity contribution in [3.05, 3.63) is 188 Å². The molecule has 0 radical (unpaired) electrons. The molecular weight excluding hydrogens is 671 g/mol. The monoisotopic (exact) mass is 701 g/mol. The van der Waals surface area contributed by atoms with Crippen molar-refractivity contribution in [2.24, 2.45) is 0 Å². The first kappa shape index (κ1) is 31.1. The van der Waals surface area contributed by atoms with Crippen LogP contribution in [0.2, 0.25) is 0 Å². The minimum Gasteiger partial charge on any atom is -0.456 e. The molecule has 11 aromatic rings. The molecule has 2 aromatic heterocycles. The van der Waals surface area contributed by atoms with Crippen molar-refractivity contribution in [1.82, 2.24) is 15.0 Å². The van der Waals surface area contributed by atoms with Gasteiger partial charge >= 0.3 is 0 Å². The van der Waals surface area contributed by atoms with E-state index in [1.807, 2.05) is 36.4 Å². The number of nitrogens with zero attached hydrogens (tertiary/aromatic N) is 3. The summed E-state index contributed by atoms with van der Waals surface area (Å²) in [5.74, 6) is 1.91. The second-order valence-electron chi connectivity index (χ2n) is 14.0. The van der Waals surface area contributed by atoms with Crippen LogP contribution >= 0.6 is 0 Å². The highest BCUT2D eigenvalue weighted by molar-refractivity contribution is 6.28. The van der Waals surface area contributed by atoms with Crippen molar-refractivity contribution in [3.8, 4) is 56.4 Å². The van der Waals surface area contributed by atoms with Crippen LogP contribution < -0.4 is 0 Å². The number of aromatic nitrogens is 3. The molecule has 0 aliphatic heterocycles. The first-order valence-corrected chi connectivity index (χ1v) is 18.5. The lowest BCUT2D eigenvalue weighted by molar-refractivity contribution is 0.669. The summed E-state index contributed by atoms with van der Waals surface area (Å²) in [6, 6.07) is 65.8. The lowest BCUT2D eigenvalue weighted by Gasteiger charge is -2.15. The fourth-order valence-electron chi connectivity index (χ4n) is 8.06. The van der Waals surface area contributed by atoms with Gasteiger partial charge in [0, 0.05) is 32.8 Å². The van der Waals surface area contributed by atoms with Gasteiger partial charge in [0.1, 0.15) is 11.2 Å². The molecule has 11 rings (SSSR count). The summed E-state index contributed by atoms with van der Waals surface area (Å²) >= 11 is 0. The molecule has 4 heteroatoms. The van der Waals surface area contributed by atoms with E-state index in [2.05, 4.69) is 152 Å². The van der Waals surface area contributed by atoms with Crippen LogP contribution in [0.3, 0.4) is 0 Å². The van der Waals surface area contributed by atoms with E-state index in [0.29, 0.717) is 17.5 Å². The van der Waals surface area contributed by atoms with Crippen molar-refractivity contribution in [3.63, 3.8) is 0 Å². The van der Waals surface area contributed by atoms with Crippen LogP contribution in [0.4, 0.5) is 0 Å². The quantitative estimate of drug-likeness (QED) is 0.168. The molecule has 9 aromatic carbocycles. The molecule has 256 valence electrons. The first-order valence-electron chi connectivity index (χ1n) is 18.5. The largest absolute Gasteiger partial charge is 0.456 e. The van der Waals surface area contributed by atoms with Crippen molar-refractivity contribution in [1.29, 1.82) is 0 Å². The van der Waals surface area contributed by atoms with Crippen LogP contribution in [-0.2, 0) is 0 Å². The average molecular weight is 702 g/mol. The van der Waals surface area contributed by atoms with E-state index in [1.165, 1.54) is 21.7 Å². The Morgan fingerprint density at radius 3 is 1.49 bits per heavy atom. The Bertz CT molecular complexity index is 3240. The van der Waals surface area contributed by atoms with Gasteiger partial charge in [-0.2, -0.15) is 0 Å². The number of hydrogen-bond donors (Lipinski definition) is 0. The van der Waals surface area contributed by atoms with Crippen LogP contribution in [0.5, 0.6) is 0 Å². The normalized spacial score (nSPS) is 11.6. The Balaban J connectivity index is 1.12. The van der Waals surface area contributed by atoms with Crippen LogP contribution in [0.15, 0.2) is 192 Å². The van der Waals surface area contributed by atoms with Gasteiger partial charge in [0.15, 0.2) is 17.5 Å².